The van der Waals surface area contributed by atoms with Crippen LogP contribution in [0.1, 0.15) is 0 Å². The molecule has 232 valence electrons. The third kappa shape index (κ3) is 4.77. The van der Waals surface area contributed by atoms with Crippen molar-refractivity contribution >= 4 is 53.9 Å². The molecule has 0 nitrogen and oxygen atoms in total. The van der Waals surface area contributed by atoms with Crippen molar-refractivity contribution in [3.63, 3.8) is 0 Å². The molecule has 0 atom stereocenters. The minimum Gasteiger partial charge on any atom is -0.0616 e. The van der Waals surface area contributed by atoms with Gasteiger partial charge < -0.3 is 0 Å². The molecule has 0 aromatic heterocycles. The van der Waals surface area contributed by atoms with Crippen molar-refractivity contribution < 1.29 is 0 Å². The second-order valence-corrected chi connectivity index (χ2v) is 13.3. The zero-order valence-electron chi connectivity index (χ0n) is 27.5. The van der Waals surface area contributed by atoms with E-state index in [1.807, 2.05) is 0 Å². The molecule has 0 bridgehead atoms. The lowest BCUT2D eigenvalue weighted by Crippen LogP contribution is -1.90. The molecule has 0 spiro atoms. The van der Waals surface area contributed by atoms with Gasteiger partial charge in [-0.1, -0.05) is 158 Å². The molecule has 10 rings (SSSR count). The second-order valence-electron chi connectivity index (χ2n) is 13.3. The van der Waals surface area contributed by atoms with Gasteiger partial charge in [0.25, 0.3) is 0 Å². The molecule has 0 amide bonds. The van der Waals surface area contributed by atoms with Gasteiger partial charge >= 0.3 is 0 Å². The van der Waals surface area contributed by atoms with E-state index < -0.39 is 0 Å². The van der Waals surface area contributed by atoms with Crippen molar-refractivity contribution in [2.45, 2.75) is 0 Å². The number of rotatable bonds is 4. The first-order valence-electron chi connectivity index (χ1n) is 17.3. The number of benzene rings is 10. The van der Waals surface area contributed by atoms with Crippen LogP contribution in [0.3, 0.4) is 0 Å². The fraction of sp³-hybridized carbons (Fsp3) is 0. The third-order valence-corrected chi connectivity index (χ3v) is 10.4. The van der Waals surface area contributed by atoms with E-state index in [4.69, 9.17) is 0 Å². The smallest absolute Gasteiger partial charge is 0.00923 e. The van der Waals surface area contributed by atoms with Crippen LogP contribution < -0.4 is 0 Å². The molecule has 0 saturated heterocycles. The monoisotopic (exact) mass is 632 g/mol. The van der Waals surface area contributed by atoms with Gasteiger partial charge in [0, 0.05) is 0 Å². The Morgan fingerprint density at radius 3 is 1.00 bits per heavy atom. The maximum atomic E-state index is 2.43. The fourth-order valence-electron chi connectivity index (χ4n) is 7.90. The molecule has 0 heterocycles. The van der Waals surface area contributed by atoms with E-state index in [1.165, 1.54) is 98.4 Å². The Morgan fingerprint density at radius 1 is 0.180 bits per heavy atom. The summed E-state index contributed by atoms with van der Waals surface area (Å²) in [6.07, 6.45) is 0. The first-order valence-corrected chi connectivity index (χ1v) is 17.3. The van der Waals surface area contributed by atoms with E-state index in [2.05, 4.69) is 194 Å². The molecule has 0 saturated carbocycles. The maximum Gasteiger partial charge on any atom is -0.00923 e. The summed E-state index contributed by atoms with van der Waals surface area (Å²) in [5, 5.41) is 12.7. The summed E-state index contributed by atoms with van der Waals surface area (Å²) < 4.78 is 0. The minimum absolute atomic E-state index is 1.23. The van der Waals surface area contributed by atoms with Gasteiger partial charge in [-0.3, -0.25) is 0 Å². The fourth-order valence-corrected chi connectivity index (χ4v) is 7.90. The van der Waals surface area contributed by atoms with Crippen LogP contribution in [-0.4, -0.2) is 0 Å². The molecule has 0 unspecified atom stereocenters. The predicted molar refractivity (Wildman–Crippen MR) is 216 cm³/mol. The van der Waals surface area contributed by atoms with Crippen LogP contribution in [0.4, 0.5) is 0 Å². The van der Waals surface area contributed by atoms with Crippen molar-refractivity contribution in [1.82, 2.24) is 0 Å². The summed E-state index contributed by atoms with van der Waals surface area (Å²) in [4.78, 5) is 0. The Kier molecular flexibility index (Phi) is 6.60. The number of hydrogen-bond acceptors (Lipinski definition) is 0. The highest BCUT2D eigenvalue weighted by atomic mass is 14.2. The molecular formula is C50H32. The normalized spacial score (nSPS) is 11.6. The third-order valence-electron chi connectivity index (χ3n) is 10.4. The van der Waals surface area contributed by atoms with Crippen molar-refractivity contribution in [1.29, 1.82) is 0 Å². The van der Waals surface area contributed by atoms with Gasteiger partial charge in [-0.25, -0.2) is 0 Å². The topological polar surface area (TPSA) is 0 Å². The lowest BCUT2D eigenvalue weighted by atomic mass is 9.87. The molecule has 0 fully saturated rings. The quantitative estimate of drug-likeness (QED) is 0.169. The summed E-state index contributed by atoms with van der Waals surface area (Å²) in [5.41, 5.74) is 9.88. The van der Waals surface area contributed by atoms with Gasteiger partial charge in [-0.15, -0.1) is 0 Å². The van der Waals surface area contributed by atoms with Crippen LogP contribution in [0.25, 0.3) is 98.4 Å². The van der Waals surface area contributed by atoms with Crippen molar-refractivity contribution in [3.05, 3.63) is 194 Å². The SMILES string of the molecule is c1cc(-c2ccc3ccccc3c2)cc(-c2cc3c4ccccc4c(-c4cccc(-c5ccc6ccccc6c5)c4)cc3c3ccccc23)c1. The Balaban J connectivity index is 1.16. The second kappa shape index (κ2) is 11.6. The van der Waals surface area contributed by atoms with Gasteiger partial charge in [-0.05, 0) is 135 Å². The Morgan fingerprint density at radius 2 is 0.540 bits per heavy atom. The van der Waals surface area contributed by atoms with Crippen molar-refractivity contribution in [3.8, 4) is 44.5 Å². The maximum absolute atomic E-state index is 2.43. The van der Waals surface area contributed by atoms with Crippen LogP contribution in [0, 0.1) is 0 Å². The highest BCUT2D eigenvalue weighted by molar-refractivity contribution is 6.24. The summed E-state index contributed by atoms with van der Waals surface area (Å²) >= 11 is 0. The van der Waals surface area contributed by atoms with Crippen LogP contribution in [0.2, 0.25) is 0 Å². The van der Waals surface area contributed by atoms with Gasteiger partial charge in [0.1, 0.15) is 0 Å². The van der Waals surface area contributed by atoms with Crippen LogP contribution in [-0.2, 0) is 0 Å². The van der Waals surface area contributed by atoms with Crippen LogP contribution in [0.15, 0.2) is 194 Å². The number of hydrogen-bond donors (Lipinski definition) is 0. The summed E-state index contributed by atoms with van der Waals surface area (Å²) in [7, 11) is 0. The molecule has 0 radical (unpaired) electrons. The standard InChI is InChI=1S/C50H32/c1-3-13-35-27-39(25-23-33(35)11-1)37-15-9-17-41(29-37)47-31-49-46-22-8-6-20-44(46)48(32-50(49)45-21-7-5-19-43(45)47)42-18-10-16-38(30-42)40-26-24-34-12-2-4-14-36(34)28-40/h1-32H. The minimum atomic E-state index is 1.23. The summed E-state index contributed by atoms with van der Waals surface area (Å²) in [6, 6.07) is 71.4. The van der Waals surface area contributed by atoms with Crippen molar-refractivity contribution in [2.75, 3.05) is 0 Å². The predicted octanol–water partition coefficient (Wildman–Crippen LogP) is 14.1. The van der Waals surface area contributed by atoms with E-state index >= 15 is 0 Å². The lowest BCUT2D eigenvalue weighted by molar-refractivity contribution is 1.62. The highest BCUT2D eigenvalue weighted by Crippen LogP contribution is 2.43. The molecule has 0 aliphatic carbocycles. The summed E-state index contributed by atoms with van der Waals surface area (Å²) in [6.45, 7) is 0. The zero-order valence-corrected chi connectivity index (χ0v) is 27.5. The molecule has 0 heteroatoms. The Hall–Kier alpha value is -6.50. The van der Waals surface area contributed by atoms with E-state index in [9.17, 15) is 0 Å². The van der Waals surface area contributed by atoms with Crippen LogP contribution >= 0.6 is 0 Å². The number of fused-ring (bicyclic) bond motifs is 7. The highest BCUT2D eigenvalue weighted by Gasteiger charge is 2.15. The average Bonchev–Trinajstić information content (AvgIpc) is 3.20. The van der Waals surface area contributed by atoms with Crippen molar-refractivity contribution in [2.24, 2.45) is 0 Å². The van der Waals surface area contributed by atoms with E-state index in [1.54, 1.807) is 0 Å². The molecule has 0 N–H and O–H groups in total. The Bertz CT molecular complexity index is 2730. The molecular weight excluding hydrogens is 601 g/mol. The Labute approximate surface area is 291 Å². The average molecular weight is 633 g/mol. The molecule has 10 aromatic carbocycles. The first kappa shape index (κ1) is 28.5. The van der Waals surface area contributed by atoms with E-state index in [0.717, 1.165) is 0 Å². The first-order chi connectivity index (χ1) is 24.8. The van der Waals surface area contributed by atoms with Gasteiger partial charge in [0.2, 0.25) is 0 Å². The largest absolute Gasteiger partial charge is 0.0616 e. The summed E-state index contributed by atoms with van der Waals surface area (Å²) in [5.74, 6) is 0. The molecule has 10 aromatic rings. The molecule has 0 aliphatic heterocycles. The van der Waals surface area contributed by atoms with E-state index in [-0.39, 0.29) is 0 Å². The van der Waals surface area contributed by atoms with E-state index in [0.29, 0.717) is 0 Å². The van der Waals surface area contributed by atoms with Gasteiger partial charge in [0.15, 0.2) is 0 Å². The van der Waals surface area contributed by atoms with Gasteiger partial charge in [0.05, 0.1) is 0 Å². The van der Waals surface area contributed by atoms with Gasteiger partial charge in [-0.2, -0.15) is 0 Å². The zero-order chi connectivity index (χ0) is 33.0. The molecule has 0 aliphatic rings. The van der Waals surface area contributed by atoms with Crippen LogP contribution in [0.5, 0.6) is 0 Å². The molecule has 50 heavy (non-hydrogen) atoms. The lowest BCUT2D eigenvalue weighted by Gasteiger charge is -2.17.